The highest BCUT2D eigenvalue weighted by molar-refractivity contribution is 9.10. The predicted molar refractivity (Wildman–Crippen MR) is 129 cm³/mol. The van der Waals surface area contributed by atoms with E-state index in [2.05, 4.69) is 15.9 Å². The van der Waals surface area contributed by atoms with Crippen molar-refractivity contribution in [2.75, 3.05) is 17.1 Å². The third kappa shape index (κ3) is 3.52. The molecule has 3 unspecified atom stereocenters. The normalized spacial score (nSPS) is 22.1. The number of methoxy groups -OCH3 is 1. The van der Waals surface area contributed by atoms with Crippen molar-refractivity contribution in [3.05, 3.63) is 87.9 Å². The van der Waals surface area contributed by atoms with Gasteiger partial charge in [0.15, 0.2) is 6.10 Å². The van der Waals surface area contributed by atoms with Gasteiger partial charge >= 0.3 is 0 Å². The molecule has 3 atom stereocenters. The van der Waals surface area contributed by atoms with Crippen LogP contribution < -0.4 is 14.7 Å². The summed E-state index contributed by atoms with van der Waals surface area (Å²) in [6, 6.07) is 20.4. The number of hydrogen-bond donors (Lipinski definition) is 0. The molecule has 168 valence electrons. The number of imide groups is 1. The molecular formula is C26H23BrN2O4. The van der Waals surface area contributed by atoms with E-state index in [0.29, 0.717) is 11.4 Å². The van der Waals surface area contributed by atoms with E-state index in [4.69, 9.17) is 9.57 Å². The summed E-state index contributed by atoms with van der Waals surface area (Å²) in [7, 11) is 1.60. The predicted octanol–water partition coefficient (Wildman–Crippen LogP) is 5.13. The van der Waals surface area contributed by atoms with Crippen LogP contribution in [0.2, 0.25) is 0 Å². The minimum atomic E-state index is -0.899. The van der Waals surface area contributed by atoms with Gasteiger partial charge in [-0.1, -0.05) is 42.0 Å². The maximum Gasteiger partial charge on any atom is 0.266 e. The highest BCUT2D eigenvalue weighted by atomic mass is 79.9. The number of carbonyl (C=O) groups is 2. The molecule has 7 heteroatoms. The second kappa shape index (κ2) is 8.32. The number of hydrogen-bond acceptors (Lipinski definition) is 5. The minimum Gasteiger partial charge on any atom is -0.496 e. The van der Waals surface area contributed by atoms with E-state index in [0.717, 1.165) is 26.9 Å². The van der Waals surface area contributed by atoms with Crippen LogP contribution >= 0.6 is 15.9 Å². The number of amides is 2. The standard InChI is InChI=1S/C26H23BrN2O4/c1-15-9-11-20(16(2)13-15)28-25(30)22-23(17-10-12-21(32-3)19(27)14-17)29(33-24(22)26(28)31)18-7-5-4-6-8-18/h4-14,22-24H,1-3H3. The molecule has 2 amide bonds. The summed E-state index contributed by atoms with van der Waals surface area (Å²) in [5.41, 5.74) is 4.18. The number of carbonyl (C=O) groups excluding carboxylic acids is 2. The zero-order valence-corrected chi connectivity index (χ0v) is 20.1. The molecule has 0 radical (unpaired) electrons. The van der Waals surface area contributed by atoms with E-state index in [1.165, 1.54) is 4.90 Å². The number of para-hydroxylation sites is 1. The molecule has 0 saturated carbocycles. The van der Waals surface area contributed by atoms with Gasteiger partial charge in [0.2, 0.25) is 5.91 Å². The van der Waals surface area contributed by atoms with Crippen molar-refractivity contribution in [1.82, 2.24) is 0 Å². The van der Waals surface area contributed by atoms with Crippen LogP contribution in [0, 0.1) is 19.8 Å². The molecule has 0 spiro atoms. The van der Waals surface area contributed by atoms with Crippen LogP contribution in [0.4, 0.5) is 11.4 Å². The second-order valence-electron chi connectivity index (χ2n) is 8.35. The summed E-state index contributed by atoms with van der Waals surface area (Å²) in [6.07, 6.45) is -0.899. The van der Waals surface area contributed by atoms with Crippen molar-refractivity contribution < 1.29 is 19.2 Å². The highest BCUT2D eigenvalue weighted by Gasteiger charge is 2.60. The van der Waals surface area contributed by atoms with E-state index >= 15 is 0 Å². The van der Waals surface area contributed by atoms with Gasteiger partial charge in [-0.05, 0) is 71.2 Å². The zero-order chi connectivity index (χ0) is 23.3. The first-order chi connectivity index (χ1) is 15.9. The summed E-state index contributed by atoms with van der Waals surface area (Å²) in [5.74, 6) is -0.592. The molecular weight excluding hydrogens is 484 g/mol. The van der Waals surface area contributed by atoms with E-state index in [9.17, 15) is 9.59 Å². The van der Waals surface area contributed by atoms with Gasteiger partial charge in [-0.2, -0.15) is 0 Å². The molecule has 2 saturated heterocycles. The third-order valence-electron chi connectivity index (χ3n) is 6.24. The number of hydroxylamine groups is 1. The van der Waals surface area contributed by atoms with Gasteiger partial charge in [0.1, 0.15) is 11.7 Å². The number of ether oxygens (including phenoxy) is 1. The summed E-state index contributed by atoms with van der Waals surface area (Å²) < 4.78 is 6.14. The summed E-state index contributed by atoms with van der Waals surface area (Å²) in [5, 5.41) is 1.69. The van der Waals surface area contributed by atoms with Crippen molar-refractivity contribution in [2.24, 2.45) is 5.92 Å². The van der Waals surface area contributed by atoms with Crippen LogP contribution in [-0.4, -0.2) is 25.0 Å². The van der Waals surface area contributed by atoms with Gasteiger partial charge in [-0.25, -0.2) is 9.96 Å². The van der Waals surface area contributed by atoms with Gasteiger partial charge in [-0.3, -0.25) is 14.4 Å². The largest absolute Gasteiger partial charge is 0.496 e. The Morgan fingerprint density at radius 2 is 1.70 bits per heavy atom. The molecule has 6 nitrogen and oxygen atoms in total. The van der Waals surface area contributed by atoms with E-state index in [1.54, 1.807) is 12.2 Å². The first kappa shape index (κ1) is 21.7. The van der Waals surface area contributed by atoms with Crippen LogP contribution in [0.5, 0.6) is 5.75 Å². The fraction of sp³-hybridized carbons (Fsp3) is 0.231. The average molecular weight is 507 g/mol. The highest BCUT2D eigenvalue weighted by Crippen LogP contribution is 2.48. The Labute approximate surface area is 200 Å². The molecule has 33 heavy (non-hydrogen) atoms. The van der Waals surface area contributed by atoms with Crippen molar-refractivity contribution in [2.45, 2.75) is 26.0 Å². The first-order valence-corrected chi connectivity index (χ1v) is 11.5. The second-order valence-corrected chi connectivity index (χ2v) is 9.21. The Hall–Kier alpha value is -3.16. The molecule has 5 rings (SSSR count). The monoisotopic (exact) mass is 506 g/mol. The van der Waals surface area contributed by atoms with Gasteiger partial charge in [0.05, 0.1) is 29.0 Å². The average Bonchev–Trinajstić information content (AvgIpc) is 3.31. The third-order valence-corrected chi connectivity index (χ3v) is 6.86. The van der Waals surface area contributed by atoms with Crippen LogP contribution in [0.1, 0.15) is 22.7 Å². The van der Waals surface area contributed by atoms with Crippen molar-refractivity contribution in [3.63, 3.8) is 0 Å². The molecule has 3 aromatic rings. The number of fused-ring (bicyclic) bond motifs is 1. The quantitative estimate of drug-likeness (QED) is 0.459. The lowest BCUT2D eigenvalue weighted by atomic mass is 9.90. The summed E-state index contributed by atoms with van der Waals surface area (Å²) in [6.45, 7) is 3.89. The number of rotatable bonds is 4. The maximum atomic E-state index is 13.8. The number of anilines is 2. The van der Waals surface area contributed by atoms with Gasteiger partial charge < -0.3 is 4.74 Å². The van der Waals surface area contributed by atoms with Gasteiger partial charge in [-0.15, -0.1) is 0 Å². The Morgan fingerprint density at radius 1 is 0.939 bits per heavy atom. The SMILES string of the molecule is COc1ccc(C2C3C(=O)N(c4ccc(C)cc4C)C(=O)C3ON2c2ccccc2)cc1Br. The summed E-state index contributed by atoms with van der Waals surface area (Å²) >= 11 is 3.55. The summed E-state index contributed by atoms with van der Waals surface area (Å²) in [4.78, 5) is 34.7. The fourth-order valence-electron chi connectivity index (χ4n) is 4.71. The van der Waals surface area contributed by atoms with Crippen LogP contribution in [0.25, 0.3) is 0 Å². The Balaban J connectivity index is 1.60. The molecule has 0 N–H and O–H groups in total. The number of halogens is 1. The van der Waals surface area contributed by atoms with Crippen molar-refractivity contribution >= 4 is 39.1 Å². The lowest BCUT2D eigenvalue weighted by Crippen LogP contribution is -2.37. The fourth-order valence-corrected chi connectivity index (χ4v) is 5.27. The van der Waals surface area contributed by atoms with Gasteiger partial charge in [0.25, 0.3) is 5.91 Å². The Bertz CT molecular complexity index is 1250. The molecule has 0 bridgehead atoms. The van der Waals surface area contributed by atoms with E-state index in [1.807, 2.05) is 80.6 Å². The Kier molecular flexibility index (Phi) is 5.46. The lowest BCUT2D eigenvalue weighted by molar-refractivity contribution is -0.126. The maximum absolute atomic E-state index is 13.8. The molecule has 2 heterocycles. The van der Waals surface area contributed by atoms with Crippen LogP contribution in [0.15, 0.2) is 71.2 Å². The molecule has 0 aliphatic carbocycles. The smallest absolute Gasteiger partial charge is 0.266 e. The molecule has 0 aromatic heterocycles. The minimum absolute atomic E-state index is 0.257. The van der Waals surface area contributed by atoms with Crippen LogP contribution in [-0.2, 0) is 14.4 Å². The van der Waals surface area contributed by atoms with E-state index < -0.39 is 18.1 Å². The topological polar surface area (TPSA) is 59.1 Å². The lowest BCUT2D eigenvalue weighted by Gasteiger charge is -2.29. The number of benzene rings is 3. The van der Waals surface area contributed by atoms with Gasteiger partial charge in [0, 0.05) is 0 Å². The van der Waals surface area contributed by atoms with E-state index in [-0.39, 0.29) is 11.8 Å². The number of aryl methyl sites for hydroxylation is 2. The van der Waals surface area contributed by atoms with Crippen molar-refractivity contribution in [3.8, 4) is 5.75 Å². The molecule has 2 aliphatic heterocycles. The molecule has 3 aromatic carbocycles. The number of nitrogens with zero attached hydrogens (tertiary/aromatic N) is 2. The first-order valence-electron chi connectivity index (χ1n) is 10.7. The molecule has 2 fully saturated rings. The molecule has 2 aliphatic rings. The zero-order valence-electron chi connectivity index (χ0n) is 18.5. The van der Waals surface area contributed by atoms with Crippen LogP contribution in [0.3, 0.4) is 0 Å². The Morgan fingerprint density at radius 3 is 2.36 bits per heavy atom. The van der Waals surface area contributed by atoms with Crippen molar-refractivity contribution in [1.29, 1.82) is 0 Å².